The van der Waals surface area contributed by atoms with Crippen molar-refractivity contribution in [2.45, 2.75) is 48.5 Å². The van der Waals surface area contributed by atoms with Gasteiger partial charge in [-0.1, -0.05) is 5.16 Å². The van der Waals surface area contributed by atoms with Crippen LogP contribution in [0.25, 0.3) is 0 Å². The molecule has 0 N–H and O–H groups in total. The zero-order chi connectivity index (χ0) is 26.0. The van der Waals surface area contributed by atoms with Crippen molar-refractivity contribution in [1.82, 2.24) is 15.0 Å². The van der Waals surface area contributed by atoms with E-state index in [1.165, 1.54) is 4.90 Å². The highest BCUT2D eigenvalue weighted by molar-refractivity contribution is 7.90. The lowest BCUT2D eigenvalue weighted by molar-refractivity contribution is -0.189. The minimum absolute atomic E-state index is 0.0177. The van der Waals surface area contributed by atoms with Crippen LogP contribution in [0.2, 0.25) is 0 Å². The van der Waals surface area contributed by atoms with E-state index in [2.05, 4.69) is 10.1 Å². The van der Waals surface area contributed by atoms with Gasteiger partial charge in [0.1, 0.15) is 12.2 Å². The molecule has 8 nitrogen and oxygen atoms in total. The average molecular weight is 527 g/mol. The van der Waals surface area contributed by atoms with Crippen LogP contribution in [0.5, 0.6) is 5.75 Å². The number of alkyl halides is 6. The lowest BCUT2D eigenvalue weighted by Gasteiger charge is -2.24. The number of nitrogens with zero attached hydrogens (tertiary/aromatic N) is 3. The molecule has 2 unspecified atom stereocenters. The average Bonchev–Trinajstić information content (AvgIpc) is 3.05. The Labute approximate surface area is 195 Å². The number of sulfone groups is 1. The lowest BCUT2D eigenvalue weighted by atomic mass is 10.1. The molecular formula is C20H19F6N3O5S. The molecule has 35 heavy (non-hydrogen) atoms. The second kappa shape index (κ2) is 8.10. The van der Waals surface area contributed by atoms with Crippen LogP contribution in [0.3, 0.4) is 0 Å². The van der Waals surface area contributed by atoms with E-state index in [1.807, 2.05) is 0 Å². The highest BCUT2D eigenvalue weighted by Gasteiger charge is 2.64. The van der Waals surface area contributed by atoms with Crippen molar-refractivity contribution < 1.29 is 48.8 Å². The van der Waals surface area contributed by atoms with Gasteiger partial charge >= 0.3 is 12.4 Å². The number of hydrogen-bond donors (Lipinski definition) is 0. The molecule has 192 valence electrons. The summed E-state index contributed by atoms with van der Waals surface area (Å²) in [5.74, 6) is -2.03. The van der Waals surface area contributed by atoms with Crippen LogP contribution in [0.4, 0.5) is 26.3 Å². The molecule has 0 spiro atoms. The van der Waals surface area contributed by atoms with Gasteiger partial charge in [0.05, 0.1) is 15.9 Å². The van der Waals surface area contributed by atoms with Crippen molar-refractivity contribution in [3.05, 3.63) is 35.5 Å². The molecule has 0 bridgehead atoms. The van der Waals surface area contributed by atoms with Gasteiger partial charge in [-0.05, 0) is 37.5 Å². The lowest BCUT2D eigenvalue weighted by Crippen LogP contribution is -2.35. The first kappa shape index (κ1) is 25.3. The fraction of sp³-hybridized carbons (Fsp3) is 0.550. The third kappa shape index (κ3) is 5.09. The van der Waals surface area contributed by atoms with Gasteiger partial charge in [0.25, 0.3) is 5.91 Å². The van der Waals surface area contributed by atoms with E-state index in [4.69, 9.17) is 9.26 Å². The maximum absolute atomic E-state index is 13.3. The molecule has 1 aliphatic heterocycles. The van der Waals surface area contributed by atoms with Crippen molar-refractivity contribution in [3.63, 3.8) is 0 Å². The number of halogens is 6. The Bertz CT molecular complexity index is 1260. The summed E-state index contributed by atoms with van der Waals surface area (Å²) in [4.78, 5) is 18.1. The van der Waals surface area contributed by atoms with Crippen LogP contribution in [0, 0.1) is 5.92 Å². The number of piperidine rings is 1. The number of rotatable bonds is 6. The number of carbonyl (C=O) groups excluding carboxylic acids is 1. The smallest absolute Gasteiger partial charge is 0.425 e. The number of likely N-dealkylation sites (tertiary alicyclic amines) is 1. The number of benzene rings is 1. The van der Waals surface area contributed by atoms with Gasteiger partial charge in [-0.25, -0.2) is 8.42 Å². The summed E-state index contributed by atoms with van der Waals surface area (Å²) < 4.78 is 110. The van der Waals surface area contributed by atoms with Crippen molar-refractivity contribution in [1.29, 1.82) is 0 Å². The van der Waals surface area contributed by atoms with Crippen molar-refractivity contribution in [3.8, 4) is 5.75 Å². The maximum Gasteiger partial charge on any atom is 0.425 e. The van der Waals surface area contributed by atoms with E-state index >= 15 is 0 Å². The van der Waals surface area contributed by atoms with Gasteiger partial charge in [0.15, 0.2) is 21.8 Å². The standard InChI is InChI=1S/C20H19F6N3O5S/c1-10(20(24,25)26)33-14-4-3-12(35(2,31)32)5-13(14)16(30)29-8-11-6-18(11,9-29)17-27-15(34-28-17)7-19(21,22)23/h3-5,10-11H,6-9H2,1-2H3/t10-,11?,18?/m0/s1. The van der Waals surface area contributed by atoms with Crippen LogP contribution < -0.4 is 4.74 Å². The van der Waals surface area contributed by atoms with Crippen molar-refractivity contribution in [2.24, 2.45) is 5.92 Å². The molecule has 2 fully saturated rings. The van der Waals surface area contributed by atoms with Crippen molar-refractivity contribution >= 4 is 15.7 Å². The van der Waals surface area contributed by atoms with Gasteiger partial charge < -0.3 is 14.2 Å². The summed E-state index contributed by atoms with van der Waals surface area (Å²) in [5.41, 5.74) is -1.22. The first-order valence-corrected chi connectivity index (χ1v) is 12.2. The Kier molecular flexibility index (Phi) is 5.84. The second-order valence-electron chi connectivity index (χ2n) is 8.78. The SMILES string of the molecule is C[C@H](Oc1ccc(S(C)(=O)=O)cc1C(=O)N1CC2CC2(c2noc(CC(F)(F)F)n2)C1)C(F)(F)F. The topological polar surface area (TPSA) is 103 Å². The molecule has 2 aromatic rings. The minimum atomic E-state index is -4.73. The van der Waals surface area contributed by atoms with Crippen LogP contribution in [0.1, 0.15) is 35.4 Å². The van der Waals surface area contributed by atoms with Gasteiger partial charge in [0.2, 0.25) is 5.89 Å². The Morgan fingerprint density at radius 3 is 2.57 bits per heavy atom. The molecule has 2 heterocycles. The van der Waals surface area contributed by atoms with E-state index in [1.54, 1.807) is 0 Å². The summed E-state index contributed by atoms with van der Waals surface area (Å²) >= 11 is 0. The van der Waals surface area contributed by atoms with Gasteiger partial charge in [-0.15, -0.1) is 0 Å². The zero-order valence-corrected chi connectivity index (χ0v) is 19.1. The van der Waals surface area contributed by atoms with E-state index in [-0.39, 0.29) is 35.3 Å². The van der Waals surface area contributed by atoms with Crippen LogP contribution in [-0.4, -0.2) is 67.2 Å². The van der Waals surface area contributed by atoms with Crippen molar-refractivity contribution in [2.75, 3.05) is 19.3 Å². The van der Waals surface area contributed by atoms with E-state index in [9.17, 15) is 39.6 Å². The van der Waals surface area contributed by atoms with Crippen LogP contribution in [-0.2, 0) is 21.7 Å². The van der Waals surface area contributed by atoms with Gasteiger partial charge in [0, 0.05) is 19.3 Å². The first-order valence-electron chi connectivity index (χ1n) is 10.3. The summed E-state index contributed by atoms with van der Waals surface area (Å²) in [7, 11) is -3.80. The Hall–Kier alpha value is -2.84. The molecule has 1 saturated heterocycles. The molecule has 1 saturated carbocycles. The van der Waals surface area contributed by atoms with Crippen LogP contribution in [0.15, 0.2) is 27.6 Å². The largest absolute Gasteiger partial charge is 0.480 e. The predicted molar refractivity (Wildman–Crippen MR) is 105 cm³/mol. The van der Waals surface area contributed by atoms with E-state index in [0.29, 0.717) is 6.42 Å². The number of fused-ring (bicyclic) bond motifs is 1. The molecule has 1 aromatic heterocycles. The fourth-order valence-electron chi connectivity index (χ4n) is 4.12. The molecule has 1 aromatic carbocycles. The number of carbonyl (C=O) groups is 1. The summed E-state index contributed by atoms with van der Waals surface area (Å²) in [6.07, 6.45) is -11.6. The quantitative estimate of drug-likeness (QED) is 0.531. The molecule has 2 aliphatic rings. The number of ether oxygens (including phenoxy) is 1. The number of aromatic nitrogens is 2. The highest BCUT2D eigenvalue weighted by Crippen LogP contribution is 2.58. The van der Waals surface area contributed by atoms with E-state index in [0.717, 1.165) is 31.4 Å². The molecule has 1 amide bonds. The van der Waals surface area contributed by atoms with E-state index < -0.39 is 57.7 Å². The molecule has 3 atom stereocenters. The highest BCUT2D eigenvalue weighted by atomic mass is 32.2. The summed E-state index contributed by atoms with van der Waals surface area (Å²) in [6, 6.07) is 2.97. The monoisotopic (exact) mass is 527 g/mol. The fourth-order valence-corrected chi connectivity index (χ4v) is 4.77. The molecule has 0 radical (unpaired) electrons. The molecular weight excluding hydrogens is 508 g/mol. The normalized spacial score (nSPS) is 23.2. The summed E-state index contributed by atoms with van der Waals surface area (Å²) in [6.45, 7) is 0.839. The molecule has 1 aliphatic carbocycles. The number of hydrogen-bond acceptors (Lipinski definition) is 7. The first-order chi connectivity index (χ1) is 16.0. The predicted octanol–water partition coefficient (Wildman–Crippen LogP) is 3.32. The van der Waals surface area contributed by atoms with Gasteiger partial charge in [-0.2, -0.15) is 31.3 Å². The minimum Gasteiger partial charge on any atom is -0.480 e. The Balaban J connectivity index is 1.60. The molecule has 4 rings (SSSR count). The Morgan fingerprint density at radius 2 is 1.97 bits per heavy atom. The summed E-state index contributed by atoms with van der Waals surface area (Å²) in [5, 5.41) is 3.64. The third-order valence-corrected chi connectivity index (χ3v) is 7.18. The maximum atomic E-state index is 13.3. The zero-order valence-electron chi connectivity index (χ0n) is 18.3. The number of amides is 1. The van der Waals surface area contributed by atoms with Gasteiger partial charge in [-0.3, -0.25) is 4.79 Å². The third-order valence-electron chi connectivity index (χ3n) is 6.07. The Morgan fingerprint density at radius 1 is 1.29 bits per heavy atom. The molecule has 15 heteroatoms. The second-order valence-corrected chi connectivity index (χ2v) is 10.8. The van der Waals surface area contributed by atoms with Crippen LogP contribution >= 0.6 is 0 Å².